The molecule has 1 aromatic heterocycles. The van der Waals surface area contributed by atoms with Gasteiger partial charge in [0.25, 0.3) is 11.8 Å². The second kappa shape index (κ2) is 9.84. The molecule has 0 radical (unpaired) electrons. The van der Waals surface area contributed by atoms with Crippen molar-refractivity contribution in [2.75, 3.05) is 24.1 Å². The number of nitrogens with zero attached hydrogens (tertiary/aromatic N) is 1. The van der Waals surface area contributed by atoms with Gasteiger partial charge >= 0.3 is 0 Å². The van der Waals surface area contributed by atoms with Crippen LogP contribution in [0.15, 0.2) is 48.5 Å². The Balaban J connectivity index is 1.35. The van der Waals surface area contributed by atoms with Gasteiger partial charge in [0.15, 0.2) is 0 Å². The van der Waals surface area contributed by atoms with Gasteiger partial charge in [0.05, 0.1) is 11.4 Å². The number of fused-ring (bicyclic) bond motifs is 1. The average Bonchev–Trinajstić information content (AvgIpc) is 3.26. The van der Waals surface area contributed by atoms with Crippen molar-refractivity contribution in [3.8, 4) is 0 Å². The maximum atomic E-state index is 13.4. The highest BCUT2D eigenvalue weighted by Gasteiger charge is 2.25. The van der Waals surface area contributed by atoms with E-state index in [-0.39, 0.29) is 18.4 Å². The highest BCUT2D eigenvalue weighted by atomic mass is 32.1. The van der Waals surface area contributed by atoms with E-state index < -0.39 is 11.7 Å². The van der Waals surface area contributed by atoms with Crippen LogP contribution in [0.5, 0.6) is 0 Å². The lowest BCUT2D eigenvalue weighted by molar-refractivity contribution is -0.131. The van der Waals surface area contributed by atoms with Crippen LogP contribution in [0.4, 0.5) is 15.8 Å². The Bertz CT molecular complexity index is 1290. The van der Waals surface area contributed by atoms with E-state index in [0.717, 1.165) is 16.7 Å². The summed E-state index contributed by atoms with van der Waals surface area (Å²) in [6, 6.07) is 12.0. The van der Waals surface area contributed by atoms with Gasteiger partial charge in [0.1, 0.15) is 5.82 Å². The van der Waals surface area contributed by atoms with Gasteiger partial charge in [0.2, 0.25) is 5.91 Å². The van der Waals surface area contributed by atoms with E-state index in [1.54, 1.807) is 23.1 Å². The Morgan fingerprint density at radius 2 is 1.97 bits per heavy atom. The zero-order chi connectivity index (χ0) is 24.2. The van der Waals surface area contributed by atoms with Crippen LogP contribution in [-0.2, 0) is 17.8 Å². The molecule has 5 N–H and O–H groups in total. The molecule has 3 aromatic rings. The topological polar surface area (TPSA) is 128 Å². The molecule has 2 heterocycles. The van der Waals surface area contributed by atoms with Gasteiger partial charge in [-0.3, -0.25) is 14.4 Å². The molecule has 10 heteroatoms. The molecule has 3 amide bonds. The number of rotatable bonds is 6. The van der Waals surface area contributed by atoms with Crippen LogP contribution >= 0.6 is 11.3 Å². The number of nitrogens with two attached hydrogens (primary N) is 1. The first-order valence-corrected chi connectivity index (χ1v) is 11.3. The molecular formula is C24H22FN5O3S. The average molecular weight is 480 g/mol. The van der Waals surface area contributed by atoms with Crippen molar-refractivity contribution in [1.29, 1.82) is 5.41 Å². The number of nitrogens with one attached hydrogen (secondary N) is 3. The molecular weight excluding hydrogens is 457 g/mol. The minimum Gasteiger partial charge on any atom is -0.398 e. The lowest BCUT2D eigenvalue weighted by atomic mass is 10.1. The highest BCUT2D eigenvalue weighted by molar-refractivity contribution is 7.14. The number of carbonyl (C=O) groups is 3. The maximum Gasteiger partial charge on any atom is 0.265 e. The summed E-state index contributed by atoms with van der Waals surface area (Å²) < 4.78 is 13.4. The molecule has 8 nitrogen and oxygen atoms in total. The Morgan fingerprint density at radius 1 is 1.15 bits per heavy atom. The van der Waals surface area contributed by atoms with Crippen molar-refractivity contribution < 1.29 is 18.8 Å². The first-order chi connectivity index (χ1) is 16.3. The number of amides is 3. The van der Waals surface area contributed by atoms with Gasteiger partial charge in [0, 0.05) is 46.7 Å². The van der Waals surface area contributed by atoms with E-state index in [2.05, 4.69) is 10.6 Å². The van der Waals surface area contributed by atoms with Gasteiger partial charge in [-0.05, 0) is 54.4 Å². The molecule has 34 heavy (non-hydrogen) atoms. The second-order valence-corrected chi connectivity index (χ2v) is 8.90. The third-order valence-corrected chi connectivity index (χ3v) is 6.67. The zero-order valence-corrected chi connectivity index (χ0v) is 18.9. The third-order valence-electron chi connectivity index (χ3n) is 5.43. The van der Waals surface area contributed by atoms with Gasteiger partial charge in [-0.1, -0.05) is 6.07 Å². The number of anilines is 2. The molecule has 0 aliphatic carbocycles. The molecule has 0 saturated carbocycles. The molecule has 0 atom stereocenters. The molecule has 4 rings (SSSR count). The SMILES string of the molecule is N=Cc1cc(C(=O)NCC(=O)N2CCc3sc(C(=O)Nc4cccc(F)c4)cc3C2)ccc1N. The monoisotopic (exact) mass is 479 g/mol. The summed E-state index contributed by atoms with van der Waals surface area (Å²) in [5.74, 6) is -1.43. The summed E-state index contributed by atoms with van der Waals surface area (Å²) in [5, 5.41) is 12.6. The number of hydrogen-bond acceptors (Lipinski definition) is 6. The number of halogens is 1. The summed E-state index contributed by atoms with van der Waals surface area (Å²) in [6.07, 6.45) is 1.67. The fourth-order valence-corrected chi connectivity index (χ4v) is 4.69. The normalized spacial score (nSPS) is 12.6. The van der Waals surface area contributed by atoms with Crippen molar-refractivity contribution >= 4 is 46.6 Å². The Hall–Kier alpha value is -4.05. The van der Waals surface area contributed by atoms with Crippen molar-refractivity contribution in [2.24, 2.45) is 0 Å². The van der Waals surface area contributed by atoms with Gasteiger partial charge in [-0.15, -0.1) is 11.3 Å². The lowest BCUT2D eigenvalue weighted by Crippen LogP contribution is -2.42. The largest absolute Gasteiger partial charge is 0.398 e. The Labute approximate surface area is 199 Å². The minimum absolute atomic E-state index is 0.171. The Morgan fingerprint density at radius 3 is 2.74 bits per heavy atom. The first kappa shape index (κ1) is 23.1. The minimum atomic E-state index is -0.434. The van der Waals surface area contributed by atoms with Crippen LogP contribution in [0, 0.1) is 11.2 Å². The number of nitrogen functional groups attached to an aromatic ring is 1. The molecule has 0 unspecified atom stereocenters. The molecule has 0 fully saturated rings. The molecule has 0 spiro atoms. The first-order valence-electron chi connectivity index (χ1n) is 10.5. The molecule has 0 bridgehead atoms. The Kier molecular flexibility index (Phi) is 6.69. The fourth-order valence-electron chi connectivity index (χ4n) is 3.63. The van der Waals surface area contributed by atoms with Crippen LogP contribution in [0.2, 0.25) is 0 Å². The van der Waals surface area contributed by atoms with E-state index in [1.165, 1.54) is 41.7 Å². The van der Waals surface area contributed by atoms with Crippen LogP contribution in [0.25, 0.3) is 0 Å². The number of benzene rings is 2. The maximum absolute atomic E-state index is 13.4. The fraction of sp³-hybridized carbons (Fsp3) is 0.167. The lowest BCUT2D eigenvalue weighted by Gasteiger charge is -2.27. The van der Waals surface area contributed by atoms with E-state index in [4.69, 9.17) is 11.1 Å². The van der Waals surface area contributed by atoms with Gasteiger partial charge in [-0.2, -0.15) is 0 Å². The summed E-state index contributed by atoms with van der Waals surface area (Å²) in [4.78, 5) is 40.8. The summed E-state index contributed by atoms with van der Waals surface area (Å²) in [6.45, 7) is 0.649. The van der Waals surface area contributed by atoms with Crippen molar-refractivity contribution in [2.45, 2.75) is 13.0 Å². The summed E-state index contributed by atoms with van der Waals surface area (Å²) in [5.41, 5.74) is 8.13. The molecule has 0 saturated heterocycles. The standard InChI is InChI=1S/C24H22FN5O3S/c25-17-2-1-3-18(10-17)29-24(33)21-9-16-13-30(7-6-20(16)34-21)22(31)12-28-23(32)14-4-5-19(27)15(8-14)11-26/h1-5,8-11,26H,6-7,12-13,27H2,(H,28,32)(H,29,33). The van der Waals surface area contributed by atoms with Crippen LogP contribution < -0.4 is 16.4 Å². The molecule has 2 aromatic carbocycles. The van der Waals surface area contributed by atoms with Gasteiger partial charge < -0.3 is 26.7 Å². The molecule has 174 valence electrons. The van der Waals surface area contributed by atoms with Crippen molar-refractivity contribution in [3.05, 3.63) is 80.8 Å². The van der Waals surface area contributed by atoms with Crippen LogP contribution in [0.1, 0.15) is 36.0 Å². The van der Waals surface area contributed by atoms with Crippen molar-refractivity contribution in [3.63, 3.8) is 0 Å². The quantitative estimate of drug-likeness (QED) is 0.320. The summed E-state index contributed by atoms with van der Waals surface area (Å²) in [7, 11) is 0. The predicted molar refractivity (Wildman–Crippen MR) is 129 cm³/mol. The predicted octanol–water partition coefficient (Wildman–Crippen LogP) is 3.03. The van der Waals surface area contributed by atoms with E-state index in [0.29, 0.717) is 46.9 Å². The van der Waals surface area contributed by atoms with E-state index in [1.807, 2.05) is 0 Å². The van der Waals surface area contributed by atoms with Gasteiger partial charge in [-0.25, -0.2) is 4.39 Å². The zero-order valence-electron chi connectivity index (χ0n) is 18.1. The van der Waals surface area contributed by atoms with E-state index in [9.17, 15) is 18.8 Å². The molecule has 1 aliphatic rings. The van der Waals surface area contributed by atoms with Crippen molar-refractivity contribution in [1.82, 2.24) is 10.2 Å². The second-order valence-electron chi connectivity index (χ2n) is 7.76. The summed E-state index contributed by atoms with van der Waals surface area (Å²) >= 11 is 1.36. The van der Waals surface area contributed by atoms with E-state index >= 15 is 0 Å². The van der Waals surface area contributed by atoms with Crippen LogP contribution in [-0.4, -0.2) is 41.9 Å². The van der Waals surface area contributed by atoms with Crippen LogP contribution in [0.3, 0.4) is 0 Å². The third kappa shape index (κ3) is 5.12. The highest BCUT2D eigenvalue weighted by Crippen LogP contribution is 2.29. The number of thiophene rings is 1. The smallest absolute Gasteiger partial charge is 0.265 e. The molecule has 1 aliphatic heterocycles. The number of hydrogen-bond donors (Lipinski definition) is 4. The number of carbonyl (C=O) groups excluding carboxylic acids is 3.